The van der Waals surface area contributed by atoms with Gasteiger partial charge in [-0.05, 0) is 45.3 Å². The van der Waals surface area contributed by atoms with Gasteiger partial charge in [0.15, 0.2) is 0 Å². The van der Waals surface area contributed by atoms with Gasteiger partial charge in [0.1, 0.15) is 16.5 Å². The fraction of sp³-hybridized carbons (Fsp3) is 0.571. The molecule has 0 amide bonds. The number of halogens is 1. The molecule has 6 heteroatoms. The Kier molecular flexibility index (Phi) is 3.97. The number of hydrogen-bond donors (Lipinski definition) is 0. The van der Waals surface area contributed by atoms with E-state index in [-0.39, 0.29) is 0 Å². The highest BCUT2D eigenvalue weighted by atomic mass is 35.5. The van der Waals surface area contributed by atoms with Gasteiger partial charge >= 0.3 is 7.12 Å². The lowest BCUT2D eigenvalue weighted by Crippen LogP contribution is -2.41. The molecule has 4 nitrogen and oxygen atoms in total. The zero-order chi connectivity index (χ0) is 15.1. The summed E-state index contributed by atoms with van der Waals surface area (Å²) in [5.74, 6) is 1.08. The van der Waals surface area contributed by atoms with Gasteiger partial charge in [0.05, 0.1) is 25.4 Å². The molecule has 0 bridgehead atoms. The molecule has 0 radical (unpaired) electrons. The van der Waals surface area contributed by atoms with Gasteiger partial charge in [-0.1, -0.05) is 11.6 Å². The van der Waals surface area contributed by atoms with E-state index in [2.05, 4.69) is 0 Å². The molecular formula is C14H20BClO4. The smallest absolute Gasteiger partial charge is 0.495 e. The molecule has 1 fully saturated rings. The molecule has 1 aliphatic rings. The lowest BCUT2D eigenvalue weighted by atomic mass is 9.79. The molecule has 1 saturated heterocycles. The average Bonchev–Trinajstić information content (AvgIpc) is 2.58. The second-order valence-electron chi connectivity index (χ2n) is 5.83. The summed E-state index contributed by atoms with van der Waals surface area (Å²) in [5, 5.41) is 0.440. The molecule has 0 aromatic heterocycles. The quantitative estimate of drug-likeness (QED) is 0.804. The largest absolute Gasteiger partial charge is 0.495 e. The van der Waals surface area contributed by atoms with Crippen LogP contribution in [0.3, 0.4) is 0 Å². The summed E-state index contributed by atoms with van der Waals surface area (Å²) in [6.07, 6.45) is 0. The zero-order valence-corrected chi connectivity index (χ0v) is 13.5. The van der Waals surface area contributed by atoms with Crippen molar-refractivity contribution in [3.63, 3.8) is 0 Å². The van der Waals surface area contributed by atoms with Crippen LogP contribution in [-0.4, -0.2) is 32.5 Å². The molecule has 0 atom stereocenters. The Balaban J connectivity index is 2.40. The number of benzene rings is 1. The van der Waals surface area contributed by atoms with Crippen LogP contribution in [0.1, 0.15) is 27.7 Å². The van der Waals surface area contributed by atoms with E-state index in [9.17, 15) is 0 Å². The van der Waals surface area contributed by atoms with Crippen molar-refractivity contribution >= 4 is 24.2 Å². The van der Waals surface area contributed by atoms with Crippen molar-refractivity contribution in [1.29, 1.82) is 0 Å². The number of ether oxygens (including phenoxy) is 2. The van der Waals surface area contributed by atoms with Gasteiger partial charge in [0.25, 0.3) is 0 Å². The van der Waals surface area contributed by atoms with Crippen molar-refractivity contribution in [1.82, 2.24) is 0 Å². The topological polar surface area (TPSA) is 36.9 Å². The van der Waals surface area contributed by atoms with Gasteiger partial charge in [-0.15, -0.1) is 0 Å². The minimum Gasteiger partial charge on any atom is -0.495 e. The molecular weight excluding hydrogens is 278 g/mol. The van der Waals surface area contributed by atoms with E-state index in [4.69, 9.17) is 30.4 Å². The van der Waals surface area contributed by atoms with Crippen LogP contribution in [-0.2, 0) is 9.31 Å². The third kappa shape index (κ3) is 2.50. The predicted octanol–water partition coefficient (Wildman–Crippen LogP) is 2.66. The second kappa shape index (κ2) is 5.13. The Hall–Kier alpha value is -0.905. The van der Waals surface area contributed by atoms with Crippen LogP contribution in [0.4, 0.5) is 0 Å². The lowest BCUT2D eigenvalue weighted by Gasteiger charge is -2.32. The minimum absolute atomic E-state index is 0.391. The summed E-state index contributed by atoms with van der Waals surface area (Å²) in [4.78, 5) is 0. The van der Waals surface area contributed by atoms with Gasteiger partial charge in [-0.3, -0.25) is 0 Å². The Bertz CT molecular complexity index is 475. The first-order valence-corrected chi connectivity index (χ1v) is 6.86. The van der Waals surface area contributed by atoms with Crippen molar-refractivity contribution in [2.75, 3.05) is 14.2 Å². The number of rotatable bonds is 3. The highest BCUT2D eigenvalue weighted by Crippen LogP contribution is 2.38. The normalized spacial score (nSPS) is 20.1. The molecule has 1 aromatic carbocycles. The molecule has 1 heterocycles. The molecule has 20 heavy (non-hydrogen) atoms. The van der Waals surface area contributed by atoms with E-state index in [1.807, 2.05) is 39.8 Å². The van der Waals surface area contributed by atoms with Crippen molar-refractivity contribution in [2.24, 2.45) is 0 Å². The standard InChI is InChI=1S/C14H20BClO4/c1-13(2)14(3,4)20-15(19-13)9-7-10(17-5)12(16)11(8-9)18-6/h7-8H,1-6H3. The van der Waals surface area contributed by atoms with Crippen molar-refractivity contribution < 1.29 is 18.8 Å². The maximum atomic E-state index is 6.17. The molecule has 110 valence electrons. The van der Waals surface area contributed by atoms with Gasteiger partial charge in [0.2, 0.25) is 0 Å². The number of methoxy groups -OCH3 is 2. The second-order valence-corrected chi connectivity index (χ2v) is 6.21. The van der Waals surface area contributed by atoms with Gasteiger partial charge in [-0.25, -0.2) is 0 Å². The summed E-state index contributed by atoms with van der Waals surface area (Å²) in [5.41, 5.74) is 0.0389. The first-order valence-electron chi connectivity index (χ1n) is 6.49. The highest BCUT2D eigenvalue weighted by Gasteiger charge is 2.52. The Labute approximate surface area is 125 Å². The van der Waals surface area contributed by atoms with Crippen LogP contribution in [0.25, 0.3) is 0 Å². The Morgan fingerprint density at radius 3 is 1.70 bits per heavy atom. The van der Waals surface area contributed by atoms with Gasteiger partial charge in [0, 0.05) is 0 Å². The van der Waals surface area contributed by atoms with Crippen molar-refractivity contribution in [2.45, 2.75) is 38.9 Å². The van der Waals surface area contributed by atoms with Crippen molar-refractivity contribution in [3.05, 3.63) is 17.2 Å². The summed E-state index contributed by atoms with van der Waals surface area (Å²) in [6.45, 7) is 8.05. The molecule has 0 N–H and O–H groups in total. The van der Waals surface area contributed by atoms with E-state index in [1.54, 1.807) is 14.2 Å². The SMILES string of the molecule is COc1cc(B2OC(C)(C)C(C)(C)O2)cc(OC)c1Cl. The number of hydrogen-bond acceptors (Lipinski definition) is 4. The molecule has 0 saturated carbocycles. The lowest BCUT2D eigenvalue weighted by molar-refractivity contribution is 0.00578. The summed E-state index contributed by atoms with van der Waals surface area (Å²) in [7, 11) is 2.66. The Morgan fingerprint density at radius 1 is 0.950 bits per heavy atom. The van der Waals surface area contributed by atoms with Crippen LogP contribution in [0.5, 0.6) is 11.5 Å². The highest BCUT2D eigenvalue weighted by molar-refractivity contribution is 6.62. The van der Waals surface area contributed by atoms with E-state index in [0.717, 1.165) is 5.46 Å². The van der Waals surface area contributed by atoms with Gasteiger partial charge in [-0.2, -0.15) is 0 Å². The van der Waals surface area contributed by atoms with E-state index in [0.29, 0.717) is 16.5 Å². The fourth-order valence-corrected chi connectivity index (χ4v) is 2.27. The third-order valence-electron chi connectivity index (χ3n) is 3.99. The van der Waals surface area contributed by atoms with Crippen LogP contribution in [0.15, 0.2) is 12.1 Å². The first-order chi connectivity index (χ1) is 9.21. The van der Waals surface area contributed by atoms with E-state index in [1.165, 1.54) is 0 Å². The van der Waals surface area contributed by atoms with Gasteiger partial charge < -0.3 is 18.8 Å². The average molecular weight is 299 g/mol. The summed E-state index contributed by atoms with van der Waals surface area (Å²) in [6, 6.07) is 3.62. The van der Waals surface area contributed by atoms with Crippen molar-refractivity contribution in [3.8, 4) is 11.5 Å². The van der Waals surface area contributed by atoms with Crippen LogP contribution in [0, 0.1) is 0 Å². The summed E-state index contributed by atoms with van der Waals surface area (Å²) >= 11 is 6.17. The van der Waals surface area contributed by atoms with Crippen LogP contribution >= 0.6 is 11.6 Å². The van der Waals surface area contributed by atoms with E-state index >= 15 is 0 Å². The molecule has 0 spiro atoms. The maximum absolute atomic E-state index is 6.17. The summed E-state index contributed by atoms with van der Waals surface area (Å²) < 4.78 is 22.6. The Morgan fingerprint density at radius 2 is 1.35 bits per heavy atom. The molecule has 0 aliphatic carbocycles. The van der Waals surface area contributed by atoms with E-state index < -0.39 is 18.3 Å². The predicted molar refractivity (Wildman–Crippen MR) is 80.3 cm³/mol. The molecule has 0 unspecified atom stereocenters. The first kappa shape index (κ1) is 15.5. The monoisotopic (exact) mass is 298 g/mol. The maximum Gasteiger partial charge on any atom is 0.495 e. The zero-order valence-electron chi connectivity index (χ0n) is 12.7. The minimum atomic E-state index is -0.472. The molecule has 1 aromatic rings. The van der Waals surface area contributed by atoms with Crippen LogP contribution in [0.2, 0.25) is 5.02 Å². The van der Waals surface area contributed by atoms with Crippen LogP contribution < -0.4 is 14.9 Å². The molecule has 2 rings (SSSR count). The fourth-order valence-electron chi connectivity index (χ4n) is 2.00. The molecule has 1 aliphatic heterocycles. The third-order valence-corrected chi connectivity index (χ3v) is 4.37.